The summed E-state index contributed by atoms with van der Waals surface area (Å²) in [4.78, 5) is 0.284. The monoisotopic (exact) mass is 331 g/mol. The molecule has 4 nitrogen and oxygen atoms in total. The van der Waals surface area contributed by atoms with Crippen LogP contribution in [-0.2, 0) is 10.0 Å². The molecule has 6 heteroatoms. The molecule has 0 aliphatic heterocycles. The van der Waals surface area contributed by atoms with E-state index >= 15 is 0 Å². The van der Waals surface area contributed by atoms with Crippen molar-refractivity contribution in [3.8, 4) is 0 Å². The Hall–Kier alpha value is -0.560. The molecular formula is C15H25NO3S2. The molecule has 21 heavy (non-hydrogen) atoms. The van der Waals surface area contributed by atoms with Gasteiger partial charge in [0.2, 0.25) is 10.0 Å². The van der Waals surface area contributed by atoms with E-state index in [-0.39, 0.29) is 11.4 Å². The molecule has 0 aliphatic rings. The van der Waals surface area contributed by atoms with Gasteiger partial charge in [-0.3, -0.25) is 0 Å². The molecule has 1 unspecified atom stereocenters. The average Bonchev–Trinajstić information content (AvgIpc) is 2.38. The molecule has 1 rings (SSSR count). The van der Waals surface area contributed by atoms with Gasteiger partial charge in [0.1, 0.15) is 0 Å². The molecule has 1 aromatic rings. The highest BCUT2D eigenvalue weighted by Gasteiger charge is 2.25. The van der Waals surface area contributed by atoms with Crippen LogP contribution in [0.1, 0.15) is 30.0 Å². The molecule has 0 fully saturated rings. The summed E-state index contributed by atoms with van der Waals surface area (Å²) in [5.74, 6) is 0.789. The largest absolute Gasteiger partial charge is 0.389 e. The third-order valence-corrected chi connectivity index (χ3v) is 5.72. The number of hydrogen-bond acceptors (Lipinski definition) is 4. The van der Waals surface area contributed by atoms with E-state index in [1.807, 2.05) is 26.2 Å². The van der Waals surface area contributed by atoms with E-state index in [0.717, 1.165) is 16.9 Å². The van der Waals surface area contributed by atoms with Crippen LogP contribution in [0.25, 0.3) is 0 Å². The lowest BCUT2D eigenvalue weighted by Gasteiger charge is -2.23. The van der Waals surface area contributed by atoms with Gasteiger partial charge in [0.25, 0.3) is 0 Å². The number of nitrogens with one attached hydrogen (secondary N) is 1. The predicted octanol–water partition coefficient (Wildman–Crippen LogP) is 2.39. The summed E-state index contributed by atoms with van der Waals surface area (Å²) in [5, 5.41) is 10.2. The van der Waals surface area contributed by atoms with E-state index in [4.69, 9.17) is 0 Å². The number of sulfonamides is 1. The van der Waals surface area contributed by atoms with Crippen molar-refractivity contribution in [1.29, 1.82) is 0 Å². The van der Waals surface area contributed by atoms with Gasteiger partial charge in [-0.25, -0.2) is 13.1 Å². The normalized spacial score (nSPS) is 15.0. The lowest BCUT2D eigenvalue weighted by Crippen LogP contribution is -2.41. The van der Waals surface area contributed by atoms with Crippen LogP contribution in [0.15, 0.2) is 17.0 Å². The SMILES string of the molecule is CSCCC(C)(O)CNS(=O)(=O)c1cc(C)c(C)cc1C. The molecule has 0 amide bonds. The zero-order chi connectivity index (χ0) is 16.3. The van der Waals surface area contributed by atoms with E-state index < -0.39 is 15.6 Å². The molecule has 0 radical (unpaired) electrons. The van der Waals surface area contributed by atoms with Crippen molar-refractivity contribution in [2.75, 3.05) is 18.6 Å². The Morgan fingerprint density at radius 2 is 1.76 bits per heavy atom. The molecule has 0 aliphatic carbocycles. The summed E-state index contributed by atoms with van der Waals surface area (Å²) < 4.78 is 27.3. The lowest BCUT2D eigenvalue weighted by atomic mass is 10.1. The zero-order valence-electron chi connectivity index (χ0n) is 13.4. The maximum Gasteiger partial charge on any atom is 0.240 e. The summed E-state index contributed by atoms with van der Waals surface area (Å²) in [6, 6.07) is 3.55. The predicted molar refractivity (Wildman–Crippen MR) is 89.5 cm³/mol. The second-order valence-corrected chi connectivity index (χ2v) is 8.49. The van der Waals surface area contributed by atoms with Crippen LogP contribution in [0.2, 0.25) is 0 Å². The van der Waals surface area contributed by atoms with Crippen molar-refractivity contribution in [3.05, 3.63) is 28.8 Å². The molecule has 0 bridgehead atoms. The molecule has 1 aromatic carbocycles. The van der Waals surface area contributed by atoms with Crippen molar-refractivity contribution in [2.24, 2.45) is 0 Å². The fourth-order valence-electron chi connectivity index (χ4n) is 1.96. The van der Waals surface area contributed by atoms with Crippen LogP contribution in [0.4, 0.5) is 0 Å². The van der Waals surface area contributed by atoms with Gasteiger partial charge in [0.15, 0.2) is 0 Å². The van der Waals surface area contributed by atoms with Gasteiger partial charge in [-0.1, -0.05) is 6.07 Å². The van der Waals surface area contributed by atoms with E-state index in [0.29, 0.717) is 12.0 Å². The molecule has 120 valence electrons. The minimum Gasteiger partial charge on any atom is -0.389 e. The highest BCUT2D eigenvalue weighted by molar-refractivity contribution is 7.98. The van der Waals surface area contributed by atoms with Gasteiger partial charge >= 0.3 is 0 Å². The van der Waals surface area contributed by atoms with Crippen LogP contribution in [0.3, 0.4) is 0 Å². The fourth-order valence-corrected chi connectivity index (χ4v) is 4.08. The van der Waals surface area contributed by atoms with Crippen molar-refractivity contribution < 1.29 is 13.5 Å². The number of hydrogen-bond donors (Lipinski definition) is 2. The van der Waals surface area contributed by atoms with Gasteiger partial charge in [-0.2, -0.15) is 11.8 Å². The van der Waals surface area contributed by atoms with Gasteiger partial charge in [-0.15, -0.1) is 0 Å². The van der Waals surface area contributed by atoms with Gasteiger partial charge in [0.05, 0.1) is 10.5 Å². The van der Waals surface area contributed by atoms with E-state index in [1.165, 1.54) is 0 Å². The van der Waals surface area contributed by atoms with E-state index in [1.54, 1.807) is 31.7 Å². The number of rotatable bonds is 7. The summed E-state index contributed by atoms with van der Waals surface area (Å²) in [6.45, 7) is 7.30. The number of aryl methyl sites for hydroxylation is 3. The van der Waals surface area contributed by atoms with Crippen LogP contribution in [0, 0.1) is 20.8 Å². The molecule has 1 atom stereocenters. The first-order valence-electron chi connectivity index (χ1n) is 6.88. The Bertz CT molecular complexity index is 595. The van der Waals surface area contributed by atoms with Crippen molar-refractivity contribution >= 4 is 21.8 Å². The second-order valence-electron chi connectivity index (χ2n) is 5.77. The topological polar surface area (TPSA) is 66.4 Å². The second kappa shape index (κ2) is 7.13. The van der Waals surface area contributed by atoms with Gasteiger partial charge in [-0.05, 0) is 68.9 Å². The number of benzene rings is 1. The Balaban J connectivity index is 2.90. The number of aliphatic hydroxyl groups is 1. The molecule has 0 saturated heterocycles. The number of thioether (sulfide) groups is 1. The van der Waals surface area contributed by atoms with Crippen LogP contribution >= 0.6 is 11.8 Å². The summed E-state index contributed by atoms with van der Waals surface area (Å²) in [7, 11) is -3.61. The van der Waals surface area contributed by atoms with Crippen LogP contribution in [0.5, 0.6) is 0 Å². The molecule has 0 heterocycles. The standard InChI is InChI=1S/C15H25NO3S2/c1-11-8-13(3)14(9-12(11)2)21(18,19)16-10-15(4,17)6-7-20-5/h8-9,16-17H,6-7,10H2,1-5H3. The molecule has 0 spiro atoms. The first-order chi connectivity index (χ1) is 9.59. The van der Waals surface area contributed by atoms with Crippen molar-refractivity contribution in [1.82, 2.24) is 4.72 Å². The maximum atomic E-state index is 12.4. The Labute approximate surface area is 132 Å². The maximum absolute atomic E-state index is 12.4. The third kappa shape index (κ3) is 5.29. The van der Waals surface area contributed by atoms with Crippen LogP contribution in [-0.4, -0.2) is 37.7 Å². The zero-order valence-corrected chi connectivity index (χ0v) is 15.0. The summed E-state index contributed by atoms with van der Waals surface area (Å²) in [6.07, 6.45) is 2.50. The van der Waals surface area contributed by atoms with Gasteiger partial charge < -0.3 is 5.11 Å². The Kier molecular flexibility index (Phi) is 6.28. The molecular weight excluding hydrogens is 306 g/mol. The minimum absolute atomic E-state index is 0.0161. The Morgan fingerprint density at radius 1 is 1.19 bits per heavy atom. The smallest absolute Gasteiger partial charge is 0.240 e. The third-order valence-electron chi connectivity index (χ3n) is 3.57. The first-order valence-corrected chi connectivity index (χ1v) is 9.75. The highest BCUT2D eigenvalue weighted by Crippen LogP contribution is 2.20. The minimum atomic E-state index is -3.61. The lowest BCUT2D eigenvalue weighted by molar-refractivity contribution is 0.0626. The van der Waals surface area contributed by atoms with Crippen LogP contribution < -0.4 is 4.72 Å². The van der Waals surface area contributed by atoms with Gasteiger partial charge in [0, 0.05) is 6.54 Å². The summed E-state index contributed by atoms with van der Waals surface area (Å²) in [5.41, 5.74) is 1.69. The van der Waals surface area contributed by atoms with E-state index in [2.05, 4.69) is 4.72 Å². The highest BCUT2D eigenvalue weighted by atomic mass is 32.2. The summed E-state index contributed by atoms with van der Waals surface area (Å²) >= 11 is 1.63. The first kappa shape index (κ1) is 18.5. The quantitative estimate of drug-likeness (QED) is 0.805. The Morgan fingerprint density at radius 3 is 2.33 bits per heavy atom. The molecule has 0 saturated carbocycles. The molecule has 0 aromatic heterocycles. The van der Waals surface area contributed by atoms with Crippen molar-refractivity contribution in [3.63, 3.8) is 0 Å². The van der Waals surface area contributed by atoms with Crippen molar-refractivity contribution in [2.45, 2.75) is 44.6 Å². The average molecular weight is 332 g/mol. The fraction of sp³-hybridized carbons (Fsp3) is 0.600. The molecule has 2 N–H and O–H groups in total. The van der Waals surface area contributed by atoms with E-state index in [9.17, 15) is 13.5 Å².